The van der Waals surface area contributed by atoms with Crippen LogP contribution in [0.25, 0.3) is 10.1 Å². The van der Waals surface area contributed by atoms with Gasteiger partial charge in [0.1, 0.15) is 10.7 Å². The lowest BCUT2D eigenvalue weighted by Gasteiger charge is -2.11. The number of thiophene rings is 1. The Labute approximate surface area is 128 Å². The van der Waals surface area contributed by atoms with E-state index in [0.29, 0.717) is 10.1 Å². The molecule has 1 aromatic heterocycles. The van der Waals surface area contributed by atoms with Crippen LogP contribution in [0, 0.1) is 5.82 Å². The number of esters is 1. The number of hydrogen-bond donors (Lipinski definition) is 1. The van der Waals surface area contributed by atoms with Crippen molar-refractivity contribution in [3.8, 4) is 0 Å². The topological polar surface area (TPSA) is 81.7 Å². The Kier molecular flexibility index (Phi) is 4.71. The number of nitrogens with one attached hydrogen (secondary N) is 1. The fourth-order valence-corrected chi connectivity index (χ4v) is 2.61. The maximum atomic E-state index is 13.6. The molecule has 0 saturated heterocycles. The lowest BCUT2D eigenvalue weighted by atomic mass is 10.2. The van der Waals surface area contributed by atoms with Crippen molar-refractivity contribution in [2.24, 2.45) is 0 Å². The molecule has 0 aliphatic carbocycles. The lowest BCUT2D eigenvalue weighted by Crippen LogP contribution is -2.39. The van der Waals surface area contributed by atoms with Crippen LogP contribution < -0.4 is 5.32 Å². The third-order valence-electron chi connectivity index (χ3n) is 2.77. The molecule has 2 amide bonds. The summed E-state index contributed by atoms with van der Waals surface area (Å²) >= 11 is 1.05. The third-order valence-corrected chi connectivity index (χ3v) is 3.85. The molecule has 116 valence electrons. The molecule has 1 aromatic carbocycles. The van der Waals surface area contributed by atoms with Crippen molar-refractivity contribution in [1.29, 1.82) is 0 Å². The predicted molar refractivity (Wildman–Crippen MR) is 77.2 cm³/mol. The van der Waals surface area contributed by atoms with Crippen LogP contribution in [0.2, 0.25) is 0 Å². The average molecular weight is 325 g/mol. The van der Waals surface area contributed by atoms with Crippen molar-refractivity contribution >= 4 is 39.4 Å². The van der Waals surface area contributed by atoms with Crippen LogP contribution in [0.15, 0.2) is 24.3 Å². The Balaban J connectivity index is 2.09. The van der Waals surface area contributed by atoms with Gasteiger partial charge in [0.25, 0.3) is 5.91 Å². The maximum Gasteiger partial charge on any atom is 0.413 e. The molecule has 1 N–H and O–H groups in total. The first kappa shape index (κ1) is 15.9. The van der Waals surface area contributed by atoms with Gasteiger partial charge >= 0.3 is 12.1 Å². The van der Waals surface area contributed by atoms with Gasteiger partial charge in [-0.25, -0.2) is 14.0 Å². The molecule has 1 atom stereocenters. The molecule has 2 aromatic rings. The first-order chi connectivity index (χ1) is 10.4. The summed E-state index contributed by atoms with van der Waals surface area (Å²) in [6.45, 7) is 1.31. The monoisotopic (exact) mass is 325 g/mol. The summed E-state index contributed by atoms with van der Waals surface area (Å²) in [7, 11) is 1.10. The van der Waals surface area contributed by atoms with Crippen LogP contribution in [0.5, 0.6) is 0 Å². The number of hydrogen-bond acceptors (Lipinski definition) is 6. The number of rotatable bonds is 3. The van der Waals surface area contributed by atoms with Crippen LogP contribution in [-0.4, -0.2) is 31.2 Å². The van der Waals surface area contributed by atoms with Crippen molar-refractivity contribution in [1.82, 2.24) is 5.32 Å². The summed E-state index contributed by atoms with van der Waals surface area (Å²) in [6.07, 6.45) is -2.14. The number of methoxy groups -OCH3 is 1. The van der Waals surface area contributed by atoms with Crippen molar-refractivity contribution in [3.63, 3.8) is 0 Å². The second-order valence-electron chi connectivity index (χ2n) is 4.29. The van der Waals surface area contributed by atoms with Gasteiger partial charge in [-0.15, -0.1) is 11.3 Å². The zero-order chi connectivity index (χ0) is 16.3. The van der Waals surface area contributed by atoms with Gasteiger partial charge in [0.2, 0.25) is 0 Å². The molecule has 0 aliphatic rings. The molecule has 0 fully saturated rings. The van der Waals surface area contributed by atoms with E-state index in [1.807, 2.05) is 5.32 Å². The lowest BCUT2D eigenvalue weighted by molar-refractivity contribution is -0.128. The smallest absolute Gasteiger partial charge is 0.413 e. The highest BCUT2D eigenvalue weighted by molar-refractivity contribution is 7.20. The van der Waals surface area contributed by atoms with Gasteiger partial charge in [-0.05, 0) is 25.1 Å². The predicted octanol–water partition coefficient (Wildman–Crippen LogP) is 2.47. The number of halogens is 1. The van der Waals surface area contributed by atoms with Gasteiger partial charge in [-0.3, -0.25) is 10.1 Å². The Hall–Kier alpha value is -2.48. The minimum absolute atomic E-state index is 0.165. The SMILES string of the molecule is COC(=O)NC(=O)[C@@H](C)OC(=O)c1cc2c(F)cccc2s1. The highest BCUT2D eigenvalue weighted by Crippen LogP contribution is 2.28. The Bertz CT molecular complexity index is 742. The average Bonchev–Trinajstić information content (AvgIpc) is 2.92. The molecule has 0 unspecified atom stereocenters. The number of carbonyl (C=O) groups is 3. The van der Waals surface area contributed by atoms with Crippen LogP contribution >= 0.6 is 11.3 Å². The van der Waals surface area contributed by atoms with Gasteiger partial charge in [0, 0.05) is 10.1 Å². The van der Waals surface area contributed by atoms with E-state index >= 15 is 0 Å². The zero-order valence-electron chi connectivity index (χ0n) is 11.7. The van der Waals surface area contributed by atoms with E-state index in [1.54, 1.807) is 6.07 Å². The first-order valence-corrected chi connectivity index (χ1v) is 7.02. The Morgan fingerprint density at radius 1 is 1.32 bits per heavy atom. The zero-order valence-corrected chi connectivity index (χ0v) is 12.5. The Morgan fingerprint density at radius 3 is 2.68 bits per heavy atom. The summed E-state index contributed by atoms with van der Waals surface area (Å²) in [5.41, 5.74) is 0. The Morgan fingerprint density at radius 2 is 2.05 bits per heavy atom. The van der Waals surface area contributed by atoms with Gasteiger partial charge in [-0.1, -0.05) is 6.07 Å². The van der Waals surface area contributed by atoms with Crippen molar-refractivity contribution < 1.29 is 28.2 Å². The second kappa shape index (κ2) is 6.52. The van der Waals surface area contributed by atoms with Gasteiger partial charge in [0.05, 0.1) is 7.11 Å². The van der Waals surface area contributed by atoms with Crippen LogP contribution in [0.1, 0.15) is 16.6 Å². The number of alkyl carbamates (subject to hydrolysis) is 1. The van der Waals surface area contributed by atoms with E-state index in [4.69, 9.17) is 4.74 Å². The van der Waals surface area contributed by atoms with E-state index in [2.05, 4.69) is 4.74 Å². The largest absolute Gasteiger partial charge is 0.453 e. The number of imide groups is 1. The van der Waals surface area contributed by atoms with E-state index in [0.717, 1.165) is 18.4 Å². The molecule has 8 heteroatoms. The fourth-order valence-electron chi connectivity index (χ4n) is 1.65. The molecule has 0 bridgehead atoms. The van der Waals surface area contributed by atoms with E-state index in [9.17, 15) is 18.8 Å². The number of carbonyl (C=O) groups excluding carboxylic acids is 3. The summed E-state index contributed by atoms with van der Waals surface area (Å²) in [6, 6.07) is 5.86. The van der Waals surface area contributed by atoms with Crippen LogP contribution in [0.4, 0.5) is 9.18 Å². The molecule has 0 saturated carbocycles. The number of fused-ring (bicyclic) bond motifs is 1. The second-order valence-corrected chi connectivity index (χ2v) is 5.37. The fraction of sp³-hybridized carbons (Fsp3) is 0.214. The van der Waals surface area contributed by atoms with Crippen molar-refractivity contribution in [2.75, 3.05) is 7.11 Å². The third kappa shape index (κ3) is 3.40. The van der Waals surface area contributed by atoms with E-state index in [1.165, 1.54) is 25.1 Å². The molecular weight excluding hydrogens is 313 g/mol. The normalized spacial score (nSPS) is 11.8. The van der Waals surface area contributed by atoms with Crippen molar-refractivity contribution in [2.45, 2.75) is 13.0 Å². The maximum absolute atomic E-state index is 13.6. The van der Waals surface area contributed by atoms with Crippen LogP contribution in [-0.2, 0) is 14.3 Å². The molecule has 6 nitrogen and oxygen atoms in total. The highest BCUT2D eigenvalue weighted by atomic mass is 32.1. The summed E-state index contributed by atoms with van der Waals surface area (Å²) in [5.74, 6) is -2.02. The van der Waals surface area contributed by atoms with Gasteiger partial charge < -0.3 is 9.47 Å². The van der Waals surface area contributed by atoms with E-state index < -0.39 is 29.9 Å². The van der Waals surface area contributed by atoms with E-state index in [-0.39, 0.29) is 4.88 Å². The first-order valence-electron chi connectivity index (χ1n) is 6.20. The summed E-state index contributed by atoms with van der Waals surface area (Å²) in [4.78, 5) is 34.6. The molecule has 0 spiro atoms. The number of ether oxygens (including phenoxy) is 2. The molecule has 2 rings (SSSR count). The highest BCUT2D eigenvalue weighted by Gasteiger charge is 2.22. The van der Waals surface area contributed by atoms with Crippen LogP contribution in [0.3, 0.4) is 0 Å². The quantitative estimate of drug-likeness (QED) is 0.877. The minimum Gasteiger partial charge on any atom is -0.453 e. The molecule has 0 aliphatic heterocycles. The molecular formula is C14H12FNO5S. The number of amides is 2. The summed E-state index contributed by atoms with van der Waals surface area (Å²) in [5, 5.41) is 2.20. The molecule has 1 heterocycles. The van der Waals surface area contributed by atoms with Gasteiger partial charge in [0.15, 0.2) is 6.10 Å². The van der Waals surface area contributed by atoms with Gasteiger partial charge in [-0.2, -0.15) is 0 Å². The summed E-state index contributed by atoms with van der Waals surface area (Å²) < 4.78 is 23.4. The molecule has 22 heavy (non-hydrogen) atoms. The number of benzene rings is 1. The minimum atomic E-state index is -1.19. The van der Waals surface area contributed by atoms with Crippen molar-refractivity contribution in [3.05, 3.63) is 35.0 Å². The molecule has 0 radical (unpaired) electrons. The standard InChI is InChI=1S/C14H12FNO5S/c1-7(12(17)16-14(19)20-2)21-13(18)11-6-8-9(15)4-3-5-10(8)22-11/h3-7H,1-2H3,(H,16,17,19)/t7-/m1/s1.